The van der Waals surface area contributed by atoms with E-state index in [9.17, 15) is 30.8 Å². The summed E-state index contributed by atoms with van der Waals surface area (Å²) in [7, 11) is -3.86. The van der Waals surface area contributed by atoms with Crippen molar-refractivity contribution in [1.29, 1.82) is 0 Å². The van der Waals surface area contributed by atoms with E-state index in [1.165, 1.54) is 20.8 Å². The van der Waals surface area contributed by atoms with E-state index in [2.05, 4.69) is 4.99 Å². The molecule has 2 unspecified atom stereocenters. The molecule has 2 rings (SSSR count). The van der Waals surface area contributed by atoms with Gasteiger partial charge in [0, 0.05) is 11.6 Å². The minimum atomic E-state index is -3.86. The second-order valence-corrected chi connectivity index (χ2v) is 9.53. The van der Waals surface area contributed by atoms with Gasteiger partial charge in [0.25, 0.3) is 5.91 Å². The van der Waals surface area contributed by atoms with Gasteiger partial charge in [0.15, 0.2) is 16.0 Å². The molecule has 146 valence electrons. The molecule has 1 amide bonds. The van der Waals surface area contributed by atoms with Crippen LogP contribution in [0.5, 0.6) is 0 Å². The second-order valence-electron chi connectivity index (χ2n) is 6.99. The van der Waals surface area contributed by atoms with E-state index in [0.29, 0.717) is 6.08 Å². The van der Waals surface area contributed by atoms with Crippen LogP contribution in [-0.2, 0) is 14.6 Å². The SMILES string of the molecule is CC1(C)C(N)=N[C@](C)(C2C=C(NC(=O)C(F)F)C=C(F)C2F)CS1(=O)=O. The van der Waals surface area contributed by atoms with Crippen molar-refractivity contribution in [3.8, 4) is 0 Å². The fourth-order valence-electron chi connectivity index (χ4n) is 2.83. The Bertz CT molecular complexity index is 820. The summed E-state index contributed by atoms with van der Waals surface area (Å²) in [6, 6.07) is 0. The first-order valence-corrected chi connectivity index (χ1v) is 9.26. The molecule has 0 aromatic heterocycles. The molecule has 1 aliphatic carbocycles. The predicted molar refractivity (Wildman–Crippen MR) is 87.7 cm³/mol. The number of alkyl halides is 3. The minimum Gasteiger partial charge on any atom is -0.386 e. The Balaban J connectivity index is 2.48. The molecular weight excluding hydrogens is 378 g/mol. The van der Waals surface area contributed by atoms with Crippen molar-refractivity contribution in [2.75, 3.05) is 5.75 Å². The number of rotatable bonds is 3. The summed E-state index contributed by atoms with van der Waals surface area (Å²) in [5.41, 5.74) is 3.68. The van der Waals surface area contributed by atoms with Crippen molar-refractivity contribution in [3.63, 3.8) is 0 Å². The first-order valence-electron chi connectivity index (χ1n) is 7.61. The number of carbonyl (C=O) groups is 1. The van der Waals surface area contributed by atoms with Gasteiger partial charge >= 0.3 is 6.43 Å². The van der Waals surface area contributed by atoms with Crippen LogP contribution in [-0.4, -0.2) is 48.8 Å². The van der Waals surface area contributed by atoms with Gasteiger partial charge in [-0.2, -0.15) is 8.78 Å². The van der Waals surface area contributed by atoms with Gasteiger partial charge in [-0.25, -0.2) is 17.2 Å². The summed E-state index contributed by atoms with van der Waals surface area (Å²) in [5.74, 6) is -5.38. The standard InChI is InChI=1S/C15H19F4N3O3S/c1-14(2)13(20)22-15(3,6-26(14,24)25)8-4-7(5-9(16)10(8)17)21-12(23)11(18)19/h4-5,8,10-11H,6H2,1-3H3,(H2,20,22)(H,21,23)/t8?,10?,15-/m0/s1. The predicted octanol–water partition coefficient (Wildman–Crippen LogP) is 1.40. The Hall–Kier alpha value is -1.91. The van der Waals surface area contributed by atoms with Crippen molar-refractivity contribution < 1.29 is 30.8 Å². The first-order chi connectivity index (χ1) is 11.7. The molecule has 2 aliphatic rings. The Morgan fingerprint density at radius 1 is 1.38 bits per heavy atom. The second kappa shape index (κ2) is 6.36. The number of carbonyl (C=O) groups excluding carboxylic acids is 1. The number of hydrogen-bond acceptors (Lipinski definition) is 5. The van der Waals surface area contributed by atoms with Gasteiger partial charge in [0.1, 0.15) is 16.4 Å². The maximum absolute atomic E-state index is 14.5. The number of nitrogens with two attached hydrogens (primary N) is 1. The van der Waals surface area contributed by atoms with E-state index in [4.69, 9.17) is 5.73 Å². The molecule has 0 radical (unpaired) electrons. The topological polar surface area (TPSA) is 102 Å². The number of sulfone groups is 1. The molecule has 0 saturated heterocycles. The molecular formula is C15H19F4N3O3S. The normalized spacial score (nSPS) is 33.2. The van der Waals surface area contributed by atoms with Gasteiger partial charge in [-0.3, -0.25) is 9.79 Å². The van der Waals surface area contributed by atoms with Crippen LogP contribution in [0.25, 0.3) is 0 Å². The number of hydrogen-bond donors (Lipinski definition) is 2. The molecule has 0 saturated carbocycles. The molecule has 0 aromatic rings. The average Bonchev–Trinajstić information content (AvgIpc) is 2.48. The number of halogens is 4. The minimum absolute atomic E-state index is 0.264. The highest BCUT2D eigenvalue weighted by molar-refractivity contribution is 7.93. The number of allylic oxidation sites excluding steroid dienone is 2. The van der Waals surface area contributed by atoms with Crippen LogP contribution in [0.1, 0.15) is 20.8 Å². The maximum Gasteiger partial charge on any atom is 0.315 e. The summed E-state index contributed by atoms with van der Waals surface area (Å²) in [4.78, 5) is 15.2. The zero-order chi connectivity index (χ0) is 20.1. The highest BCUT2D eigenvalue weighted by Gasteiger charge is 2.53. The highest BCUT2D eigenvalue weighted by Crippen LogP contribution is 2.41. The van der Waals surface area contributed by atoms with E-state index in [-0.39, 0.29) is 5.84 Å². The largest absolute Gasteiger partial charge is 0.386 e. The number of amidine groups is 1. The molecule has 0 spiro atoms. The van der Waals surface area contributed by atoms with Crippen LogP contribution in [0.4, 0.5) is 17.6 Å². The number of nitrogens with one attached hydrogen (secondary N) is 1. The fourth-order valence-corrected chi connectivity index (χ4v) is 4.58. The van der Waals surface area contributed by atoms with E-state index >= 15 is 0 Å². The summed E-state index contributed by atoms with van der Waals surface area (Å²) >= 11 is 0. The van der Waals surface area contributed by atoms with E-state index < -0.39 is 61.8 Å². The van der Waals surface area contributed by atoms with Crippen LogP contribution in [0.15, 0.2) is 28.7 Å². The molecule has 0 aromatic carbocycles. The number of amides is 1. The Morgan fingerprint density at radius 2 is 1.96 bits per heavy atom. The lowest BCUT2D eigenvalue weighted by Crippen LogP contribution is -2.59. The monoisotopic (exact) mass is 397 g/mol. The summed E-state index contributed by atoms with van der Waals surface area (Å²) in [6.45, 7) is 3.98. The van der Waals surface area contributed by atoms with Crippen molar-refractivity contribution >= 4 is 21.6 Å². The van der Waals surface area contributed by atoms with Gasteiger partial charge in [0.2, 0.25) is 0 Å². The third kappa shape index (κ3) is 3.36. The van der Waals surface area contributed by atoms with Crippen LogP contribution in [0.2, 0.25) is 0 Å². The van der Waals surface area contributed by atoms with Crippen LogP contribution in [0.3, 0.4) is 0 Å². The molecule has 6 nitrogen and oxygen atoms in total. The quantitative estimate of drug-likeness (QED) is 0.703. The van der Waals surface area contributed by atoms with Crippen molar-refractivity contribution in [3.05, 3.63) is 23.7 Å². The average molecular weight is 397 g/mol. The molecule has 3 atom stereocenters. The Morgan fingerprint density at radius 3 is 2.46 bits per heavy atom. The van der Waals surface area contributed by atoms with Crippen LogP contribution >= 0.6 is 0 Å². The van der Waals surface area contributed by atoms with E-state index in [1.807, 2.05) is 0 Å². The third-order valence-corrected chi connectivity index (χ3v) is 7.40. The summed E-state index contributed by atoms with van der Waals surface area (Å²) in [5, 5.41) is 1.76. The molecule has 0 bridgehead atoms. The molecule has 26 heavy (non-hydrogen) atoms. The lowest BCUT2D eigenvalue weighted by molar-refractivity contribution is -0.130. The van der Waals surface area contributed by atoms with Gasteiger partial charge in [0.05, 0.1) is 11.3 Å². The fraction of sp³-hybridized carbons (Fsp3) is 0.600. The highest BCUT2D eigenvalue weighted by atomic mass is 32.2. The summed E-state index contributed by atoms with van der Waals surface area (Å²) < 4.78 is 76.8. The molecule has 1 heterocycles. The van der Waals surface area contributed by atoms with E-state index in [0.717, 1.165) is 6.08 Å². The van der Waals surface area contributed by atoms with Crippen molar-refractivity contribution in [2.24, 2.45) is 16.6 Å². The first kappa shape index (κ1) is 20.4. The van der Waals surface area contributed by atoms with Gasteiger partial charge in [-0.15, -0.1) is 0 Å². The van der Waals surface area contributed by atoms with Gasteiger partial charge in [-0.05, 0) is 26.8 Å². The van der Waals surface area contributed by atoms with Gasteiger partial charge in [-0.1, -0.05) is 6.08 Å². The van der Waals surface area contributed by atoms with Gasteiger partial charge < -0.3 is 11.1 Å². The smallest absolute Gasteiger partial charge is 0.315 e. The van der Waals surface area contributed by atoms with E-state index in [1.54, 1.807) is 5.32 Å². The Labute approximate surface area is 148 Å². The lowest BCUT2D eigenvalue weighted by atomic mass is 9.80. The number of nitrogens with zero attached hydrogens (tertiary/aromatic N) is 1. The van der Waals surface area contributed by atoms with Crippen molar-refractivity contribution in [2.45, 2.75) is 43.7 Å². The van der Waals surface area contributed by atoms with Crippen LogP contribution in [0, 0.1) is 5.92 Å². The maximum atomic E-state index is 14.5. The lowest BCUT2D eigenvalue weighted by Gasteiger charge is -2.42. The third-order valence-electron chi connectivity index (χ3n) is 4.67. The zero-order valence-corrected chi connectivity index (χ0v) is 15.1. The van der Waals surface area contributed by atoms with Crippen LogP contribution < -0.4 is 11.1 Å². The molecule has 0 fully saturated rings. The Kier molecular flexibility index (Phi) is 4.99. The summed E-state index contributed by atoms with van der Waals surface area (Å²) in [6.07, 6.45) is -4.06. The zero-order valence-electron chi connectivity index (χ0n) is 14.3. The molecule has 1 aliphatic heterocycles. The molecule has 11 heteroatoms. The number of aliphatic imine (C=N–C) groups is 1. The molecule has 3 N–H and O–H groups in total. The van der Waals surface area contributed by atoms with Crippen molar-refractivity contribution in [1.82, 2.24) is 5.32 Å².